The predicted octanol–water partition coefficient (Wildman–Crippen LogP) is 3.96. The minimum Gasteiger partial charge on any atom is -0.490 e. The van der Waals surface area contributed by atoms with Gasteiger partial charge in [0.05, 0.1) is 6.54 Å². The standard InChI is InChI=1S/C27H31N3O5/c1-33-15-7-14-28-27(32)21-8-5-10-23(18-21)30-26(31)20-29-22-9-6-13-25(19-22)35-17-16-34-24-11-3-2-4-12-24/h2-6,8-13,18-19,29H,7,14-17,20H2,1H3,(H,28,32)(H,30,31). The van der Waals surface area contributed by atoms with Crippen molar-refractivity contribution >= 4 is 23.2 Å². The van der Waals surface area contributed by atoms with Gasteiger partial charge in [-0.25, -0.2) is 0 Å². The van der Waals surface area contributed by atoms with Gasteiger partial charge in [0.15, 0.2) is 0 Å². The molecule has 0 heterocycles. The first-order valence-electron chi connectivity index (χ1n) is 11.5. The van der Waals surface area contributed by atoms with Crippen molar-refractivity contribution in [1.82, 2.24) is 5.32 Å². The van der Waals surface area contributed by atoms with Crippen molar-refractivity contribution in [2.24, 2.45) is 0 Å². The van der Waals surface area contributed by atoms with Crippen LogP contribution >= 0.6 is 0 Å². The number of benzene rings is 3. The van der Waals surface area contributed by atoms with Gasteiger partial charge in [-0.2, -0.15) is 0 Å². The molecule has 0 aliphatic rings. The lowest BCUT2D eigenvalue weighted by atomic mass is 10.2. The van der Waals surface area contributed by atoms with Crippen molar-refractivity contribution in [3.8, 4) is 11.5 Å². The zero-order valence-corrected chi connectivity index (χ0v) is 19.8. The number of hydrogen-bond acceptors (Lipinski definition) is 6. The highest BCUT2D eigenvalue weighted by molar-refractivity contribution is 5.98. The summed E-state index contributed by atoms with van der Waals surface area (Å²) in [6.45, 7) is 1.99. The van der Waals surface area contributed by atoms with Crippen LogP contribution in [0.3, 0.4) is 0 Å². The number of para-hydroxylation sites is 1. The zero-order chi connectivity index (χ0) is 24.7. The number of methoxy groups -OCH3 is 1. The molecule has 0 atom stereocenters. The molecule has 8 nitrogen and oxygen atoms in total. The Kier molecular flexibility index (Phi) is 10.4. The molecule has 35 heavy (non-hydrogen) atoms. The van der Waals surface area contributed by atoms with E-state index < -0.39 is 0 Å². The maximum atomic E-state index is 12.4. The summed E-state index contributed by atoms with van der Waals surface area (Å²) in [5.41, 5.74) is 1.79. The Morgan fingerprint density at radius 1 is 0.771 bits per heavy atom. The number of ether oxygens (including phenoxy) is 3. The lowest BCUT2D eigenvalue weighted by Gasteiger charge is -2.11. The van der Waals surface area contributed by atoms with E-state index in [1.54, 1.807) is 31.4 Å². The Morgan fingerprint density at radius 3 is 2.29 bits per heavy atom. The van der Waals surface area contributed by atoms with E-state index in [-0.39, 0.29) is 18.4 Å². The summed E-state index contributed by atoms with van der Waals surface area (Å²) < 4.78 is 16.3. The number of amides is 2. The fourth-order valence-electron chi connectivity index (χ4n) is 3.18. The van der Waals surface area contributed by atoms with Crippen LogP contribution in [0.1, 0.15) is 16.8 Å². The molecule has 2 amide bonds. The average Bonchev–Trinajstić information content (AvgIpc) is 2.89. The van der Waals surface area contributed by atoms with E-state index in [0.717, 1.165) is 17.9 Å². The van der Waals surface area contributed by atoms with Gasteiger partial charge in [0.2, 0.25) is 5.91 Å². The summed E-state index contributed by atoms with van der Waals surface area (Å²) in [7, 11) is 1.62. The van der Waals surface area contributed by atoms with Gasteiger partial charge >= 0.3 is 0 Å². The van der Waals surface area contributed by atoms with Gasteiger partial charge in [-0.3, -0.25) is 9.59 Å². The summed E-state index contributed by atoms with van der Waals surface area (Å²) in [5.74, 6) is 1.05. The number of anilines is 2. The van der Waals surface area contributed by atoms with E-state index in [2.05, 4.69) is 16.0 Å². The molecule has 3 rings (SSSR count). The molecule has 0 radical (unpaired) electrons. The summed E-state index contributed by atoms with van der Waals surface area (Å²) in [6.07, 6.45) is 0.734. The minimum atomic E-state index is -0.231. The number of carbonyl (C=O) groups excluding carboxylic acids is 2. The monoisotopic (exact) mass is 477 g/mol. The predicted molar refractivity (Wildman–Crippen MR) is 136 cm³/mol. The Labute approximate surface area is 205 Å². The second-order valence-corrected chi connectivity index (χ2v) is 7.62. The summed E-state index contributed by atoms with van der Waals surface area (Å²) in [6, 6.07) is 23.8. The molecule has 0 saturated heterocycles. The molecular formula is C27H31N3O5. The van der Waals surface area contributed by atoms with Crippen LogP contribution in [0, 0.1) is 0 Å². The molecule has 0 saturated carbocycles. The highest BCUT2D eigenvalue weighted by Gasteiger charge is 2.08. The highest BCUT2D eigenvalue weighted by Crippen LogP contribution is 2.18. The van der Waals surface area contributed by atoms with Crippen LogP contribution in [0.15, 0.2) is 78.9 Å². The normalized spacial score (nSPS) is 10.3. The average molecular weight is 478 g/mol. The Bertz CT molecular complexity index is 1080. The van der Waals surface area contributed by atoms with Crippen LogP contribution in [0.2, 0.25) is 0 Å². The van der Waals surface area contributed by atoms with Crippen molar-refractivity contribution in [3.05, 3.63) is 84.4 Å². The quantitative estimate of drug-likeness (QED) is 0.304. The van der Waals surface area contributed by atoms with Crippen molar-refractivity contribution in [3.63, 3.8) is 0 Å². The lowest BCUT2D eigenvalue weighted by molar-refractivity contribution is -0.114. The molecular weight excluding hydrogens is 446 g/mol. The summed E-state index contributed by atoms with van der Waals surface area (Å²) in [5, 5.41) is 8.72. The smallest absolute Gasteiger partial charge is 0.251 e. The van der Waals surface area contributed by atoms with Crippen LogP contribution in [-0.4, -0.2) is 51.8 Å². The lowest BCUT2D eigenvalue weighted by Crippen LogP contribution is -2.25. The van der Waals surface area contributed by atoms with E-state index in [4.69, 9.17) is 14.2 Å². The van der Waals surface area contributed by atoms with Gasteiger partial charge in [-0.15, -0.1) is 0 Å². The molecule has 0 aliphatic heterocycles. The fourth-order valence-corrected chi connectivity index (χ4v) is 3.18. The molecule has 0 aromatic heterocycles. The van der Waals surface area contributed by atoms with Crippen molar-refractivity contribution in [2.75, 3.05) is 50.7 Å². The Morgan fingerprint density at radius 2 is 1.49 bits per heavy atom. The third-order valence-corrected chi connectivity index (χ3v) is 4.87. The number of hydrogen-bond donors (Lipinski definition) is 3. The summed E-state index contributed by atoms with van der Waals surface area (Å²) in [4.78, 5) is 24.7. The number of carbonyl (C=O) groups is 2. The maximum absolute atomic E-state index is 12.4. The molecule has 0 unspecified atom stereocenters. The topological polar surface area (TPSA) is 97.9 Å². The summed E-state index contributed by atoms with van der Waals surface area (Å²) >= 11 is 0. The third kappa shape index (κ3) is 9.38. The number of nitrogens with one attached hydrogen (secondary N) is 3. The van der Waals surface area contributed by atoms with Gasteiger partial charge in [0.25, 0.3) is 5.91 Å². The van der Waals surface area contributed by atoms with E-state index in [0.29, 0.717) is 43.4 Å². The van der Waals surface area contributed by atoms with E-state index in [1.165, 1.54) is 0 Å². The van der Waals surface area contributed by atoms with Crippen LogP contribution in [0.5, 0.6) is 11.5 Å². The second-order valence-electron chi connectivity index (χ2n) is 7.62. The largest absolute Gasteiger partial charge is 0.490 e. The van der Waals surface area contributed by atoms with Crippen molar-refractivity contribution in [2.45, 2.75) is 6.42 Å². The molecule has 0 fully saturated rings. The first-order chi connectivity index (χ1) is 17.1. The third-order valence-electron chi connectivity index (χ3n) is 4.87. The molecule has 8 heteroatoms. The maximum Gasteiger partial charge on any atom is 0.251 e. The first-order valence-corrected chi connectivity index (χ1v) is 11.5. The molecule has 3 aromatic carbocycles. The molecule has 184 valence electrons. The first kappa shape index (κ1) is 25.6. The van der Waals surface area contributed by atoms with E-state index >= 15 is 0 Å². The molecule has 0 spiro atoms. The molecule has 3 aromatic rings. The Balaban J connectivity index is 1.41. The van der Waals surface area contributed by atoms with Gasteiger partial charge in [-0.05, 0) is 48.9 Å². The van der Waals surface area contributed by atoms with Crippen molar-refractivity contribution in [1.29, 1.82) is 0 Å². The van der Waals surface area contributed by atoms with Crippen LogP contribution in [-0.2, 0) is 9.53 Å². The zero-order valence-electron chi connectivity index (χ0n) is 19.8. The van der Waals surface area contributed by atoms with Crippen molar-refractivity contribution < 1.29 is 23.8 Å². The highest BCUT2D eigenvalue weighted by atomic mass is 16.5. The fraction of sp³-hybridized carbons (Fsp3) is 0.259. The van der Waals surface area contributed by atoms with Crippen LogP contribution in [0.4, 0.5) is 11.4 Å². The van der Waals surface area contributed by atoms with E-state index in [9.17, 15) is 9.59 Å². The molecule has 3 N–H and O–H groups in total. The minimum absolute atomic E-state index is 0.0635. The van der Waals surface area contributed by atoms with Gasteiger partial charge < -0.3 is 30.2 Å². The second kappa shape index (κ2) is 14.3. The van der Waals surface area contributed by atoms with Gasteiger partial charge in [0.1, 0.15) is 24.7 Å². The molecule has 0 bridgehead atoms. The van der Waals surface area contributed by atoms with E-state index in [1.807, 2.05) is 54.6 Å². The van der Waals surface area contributed by atoms with Crippen LogP contribution < -0.4 is 25.4 Å². The van der Waals surface area contributed by atoms with Gasteiger partial charge in [0, 0.05) is 43.3 Å². The Hall–Kier alpha value is -4.04. The van der Waals surface area contributed by atoms with Gasteiger partial charge in [-0.1, -0.05) is 30.3 Å². The molecule has 0 aliphatic carbocycles. The SMILES string of the molecule is COCCCNC(=O)c1cccc(NC(=O)CNc2cccc(OCCOc3ccccc3)c2)c1. The van der Waals surface area contributed by atoms with Crippen LogP contribution in [0.25, 0.3) is 0 Å². The number of rotatable bonds is 14.